The first-order valence-electron chi connectivity index (χ1n) is 11.2. The maximum absolute atomic E-state index is 12.7. The number of carbonyl (C=O) groups excluding carboxylic acids is 2. The number of thioether (sulfide) groups is 1. The van der Waals surface area contributed by atoms with Crippen LogP contribution in [0.5, 0.6) is 0 Å². The summed E-state index contributed by atoms with van der Waals surface area (Å²) in [6.07, 6.45) is 2.73. The first-order valence-corrected chi connectivity index (χ1v) is 12.2. The number of nitrogens with one attached hydrogen (secondary N) is 2. The maximum atomic E-state index is 12.7. The van der Waals surface area contributed by atoms with E-state index in [0.717, 1.165) is 17.6 Å². The van der Waals surface area contributed by atoms with Crippen molar-refractivity contribution in [2.45, 2.75) is 32.0 Å². The summed E-state index contributed by atoms with van der Waals surface area (Å²) >= 11 is 1.59. The van der Waals surface area contributed by atoms with E-state index in [0.29, 0.717) is 49.5 Å². The molecule has 0 spiro atoms. The highest BCUT2D eigenvalue weighted by Crippen LogP contribution is 2.24. The number of ether oxygens (including phenoxy) is 2. The molecular weight excluding hydrogens is 456 g/mol. The summed E-state index contributed by atoms with van der Waals surface area (Å²) in [7, 11) is 1.29. The van der Waals surface area contributed by atoms with Crippen LogP contribution < -0.4 is 10.6 Å². The summed E-state index contributed by atoms with van der Waals surface area (Å²) in [6.45, 7) is 6.64. The Morgan fingerprint density at radius 2 is 1.91 bits per heavy atom. The number of amides is 1. The third-order valence-corrected chi connectivity index (χ3v) is 5.89. The van der Waals surface area contributed by atoms with Crippen molar-refractivity contribution in [2.24, 2.45) is 0 Å². The molecule has 1 aromatic carbocycles. The molecule has 0 radical (unpaired) electrons. The Balaban J connectivity index is 1.73. The van der Waals surface area contributed by atoms with Crippen molar-refractivity contribution < 1.29 is 19.1 Å². The zero-order chi connectivity index (χ0) is 24.3. The summed E-state index contributed by atoms with van der Waals surface area (Å²) in [5.41, 5.74) is 1.18. The van der Waals surface area contributed by atoms with Gasteiger partial charge in [0.05, 0.1) is 43.0 Å². The lowest BCUT2D eigenvalue weighted by atomic mass is 10.1. The van der Waals surface area contributed by atoms with Crippen LogP contribution in [0.1, 0.15) is 41.0 Å². The summed E-state index contributed by atoms with van der Waals surface area (Å²) in [5, 5.41) is 12.1. The minimum atomic E-state index is -0.554. The van der Waals surface area contributed by atoms with Crippen LogP contribution in [0.3, 0.4) is 0 Å². The smallest absolute Gasteiger partial charge is 0.338 e. The molecule has 0 aliphatic carbocycles. The molecule has 0 saturated heterocycles. The summed E-state index contributed by atoms with van der Waals surface area (Å²) < 4.78 is 11.9. The fourth-order valence-electron chi connectivity index (χ4n) is 3.22. The number of carbonyl (C=O) groups is 2. The molecule has 34 heavy (non-hydrogen) atoms. The number of nitrogens with zero attached hydrogens (tertiary/aromatic N) is 4. The largest absolute Gasteiger partial charge is 0.465 e. The summed E-state index contributed by atoms with van der Waals surface area (Å²) in [4.78, 5) is 34.0. The Morgan fingerprint density at radius 1 is 1.12 bits per heavy atom. The van der Waals surface area contributed by atoms with E-state index in [9.17, 15) is 9.59 Å². The molecule has 0 saturated carbocycles. The highest BCUT2D eigenvalue weighted by molar-refractivity contribution is 7.99. The van der Waals surface area contributed by atoms with Crippen LogP contribution in [0.15, 0.2) is 35.6 Å². The minimum Gasteiger partial charge on any atom is -0.465 e. The molecule has 3 rings (SSSR count). The molecule has 0 aliphatic heterocycles. The molecule has 3 aromatic rings. The second kappa shape index (κ2) is 12.9. The van der Waals surface area contributed by atoms with Crippen molar-refractivity contribution in [1.29, 1.82) is 0 Å². The molecule has 10 nitrogen and oxygen atoms in total. The third-order valence-electron chi connectivity index (χ3n) is 4.84. The quantitative estimate of drug-likeness (QED) is 0.163. The van der Waals surface area contributed by atoms with Crippen molar-refractivity contribution in [3.05, 3.63) is 41.6 Å². The van der Waals surface area contributed by atoms with Crippen molar-refractivity contribution >= 4 is 40.5 Å². The van der Waals surface area contributed by atoms with Gasteiger partial charge in [0.2, 0.25) is 0 Å². The third kappa shape index (κ3) is 6.45. The topological polar surface area (TPSA) is 120 Å². The van der Waals surface area contributed by atoms with Gasteiger partial charge in [-0.2, -0.15) is 5.10 Å². The normalized spacial score (nSPS) is 10.9. The van der Waals surface area contributed by atoms with Crippen LogP contribution in [0.2, 0.25) is 0 Å². The van der Waals surface area contributed by atoms with E-state index in [1.165, 1.54) is 7.11 Å². The number of hydrogen-bond donors (Lipinski definition) is 2. The molecular formula is C23H30N6O4S. The van der Waals surface area contributed by atoms with Gasteiger partial charge in [-0.15, -0.1) is 0 Å². The number of rotatable bonds is 13. The molecule has 0 aliphatic rings. The van der Waals surface area contributed by atoms with Crippen molar-refractivity contribution in [3.63, 3.8) is 0 Å². The van der Waals surface area contributed by atoms with Gasteiger partial charge in [0.15, 0.2) is 10.8 Å². The molecule has 0 fully saturated rings. The monoisotopic (exact) mass is 486 g/mol. The lowest BCUT2D eigenvalue weighted by Gasteiger charge is -2.11. The van der Waals surface area contributed by atoms with Crippen LogP contribution in [0, 0.1) is 0 Å². The second-order valence-electron chi connectivity index (χ2n) is 7.23. The van der Waals surface area contributed by atoms with Gasteiger partial charge in [-0.05, 0) is 25.5 Å². The summed E-state index contributed by atoms with van der Waals surface area (Å²) in [6, 6.07) is 6.55. The van der Waals surface area contributed by atoms with E-state index >= 15 is 0 Å². The zero-order valence-corrected chi connectivity index (χ0v) is 20.5. The maximum Gasteiger partial charge on any atom is 0.338 e. The molecule has 0 atom stereocenters. The number of benzene rings is 1. The molecule has 2 aromatic heterocycles. The van der Waals surface area contributed by atoms with Crippen LogP contribution in [0.4, 0.5) is 5.82 Å². The number of aromatic nitrogens is 4. The lowest BCUT2D eigenvalue weighted by Crippen LogP contribution is -2.29. The number of fused-ring (bicyclic) bond motifs is 1. The first-order chi connectivity index (χ1) is 16.6. The van der Waals surface area contributed by atoms with Crippen molar-refractivity contribution in [1.82, 2.24) is 25.1 Å². The van der Waals surface area contributed by atoms with Crippen LogP contribution in [-0.2, 0) is 16.0 Å². The fourth-order valence-corrected chi connectivity index (χ4v) is 3.91. The molecule has 2 N–H and O–H groups in total. The molecule has 2 heterocycles. The van der Waals surface area contributed by atoms with Gasteiger partial charge < -0.3 is 20.1 Å². The van der Waals surface area contributed by atoms with Gasteiger partial charge >= 0.3 is 5.97 Å². The van der Waals surface area contributed by atoms with E-state index in [1.54, 1.807) is 46.9 Å². The highest BCUT2D eigenvalue weighted by atomic mass is 32.2. The van der Waals surface area contributed by atoms with E-state index in [4.69, 9.17) is 9.47 Å². The number of methoxy groups -OCH3 is 1. The van der Waals surface area contributed by atoms with Gasteiger partial charge in [-0.3, -0.25) is 4.79 Å². The first kappa shape index (κ1) is 25.4. The molecule has 0 unspecified atom stereocenters. The van der Waals surface area contributed by atoms with Crippen LogP contribution >= 0.6 is 11.8 Å². The SMILES string of the molecule is CCCSc1nc(NCCOCC)c2cnn(CCNC(=O)c3ccccc3C(=O)OC)c2n1. The predicted molar refractivity (Wildman–Crippen MR) is 131 cm³/mol. The van der Waals surface area contributed by atoms with E-state index in [1.807, 2.05) is 6.92 Å². The Bertz CT molecular complexity index is 1120. The van der Waals surface area contributed by atoms with Gasteiger partial charge in [-0.25, -0.2) is 19.4 Å². The van der Waals surface area contributed by atoms with Crippen LogP contribution in [-0.4, -0.2) is 70.8 Å². The van der Waals surface area contributed by atoms with E-state index in [2.05, 4.69) is 32.6 Å². The number of hydrogen-bond acceptors (Lipinski definition) is 9. The Hall–Kier alpha value is -3.18. The zero-order valence-electron chi connectivity index (χ0n) is 19.7. The summed E-state index contributed by atoms with van der Waals surface area (Å²) in [5.74, 6) is 0.713. The predicted octanol–water partition coefficient (Wildman–Crippen LogP) is 2.99. The lowest BCUT2D eigenvalue weighted by molar-refractivity contribution is 0.0596. The molecule has 182 valence electrons. The van der Waals surface area contributed by atoms with Gasteiger partial charge in [-0.1, -0.05) is 30.8 Å². The molecule has 11 heteroatoms. The fraction of sp³-hybridized carbons (Fsp3) is 0.435. The van der Waals surface area contributed by atoms with Gasteiger partial charge in [0.25, 0.3) is 5.91 Å². The van der Waals surface area contributed by atoms with Crippen molar-refractivity contribution in [3.8, 4) is 0 Å². The Morgan fingerprint density at radius 3 is 2.65 bits per heavy atom. The van der Waals surface area contributed by atoms with Crippen molar-refractivity contribution in [2.75, 3.05) is 44.5 Å². The Kier molecular flexibility index (Phi) is 9.65. The number of anilines is 1. The number of esters is 1. The van der Waals surface area contributed by atoms with E-state index in [-0.39, 0.29) is 17.0 Å². The average molecular weight is 487 g/mol. The molecule has 0 bridgehead atoms. The minimum absolute atomic E-state index is 0.222. The van der Waals surface area contributed by atoms with Gasteiger partial charge in [0, 0.05) is 25.4 Å². The van der Waals surface area contributed by atoms with Crippen LogP contribution in [0.25, 0.3) is 11.0 Å². The van der Waals surface area contributed by atoms with Gasteiger partial charge in [0.1, 0.15) is 5.82 Å². The highest BCUT2D eigenvalue weighted by Gasteiger charge is 2.17. The Labute approximate surface area is 202 Å². The van der Waals surface area contributed by atoms with E-state index < -0.39 is 5.97 Å². The molecule has 1 amide bonds. The average Bonchev–Trinajstić information content (AvgIpc) is 3.27. The second-order valence-corrected chi connectivity index (χ2v) is 8.29. The standard InChI is InChI=1S/C23H30N6O4S/c1-4-14-34-23-27-19(24-11-13-33-5-2)18-15-26-29(20(18)28-23)12-10-25-21(30)16-8-6-7-9-17(16)22(31)32-3/h6-9,15H,4-5,10-14H2,1-3H3,(H,25,30)(H,24,27,28).